The van der Waals surface area contributed by atoms with Crippen LogP contribution in [0.2, 0.25) is 0 Å². The van der Waals surface area contributed by atoms with Crippen LogP contribution in [0.25, 0.3) is 0 Å². The maximum absolute atomic E-state index is 12.3. The van der Waals surface area contributed by atoms with E-state index in [-0.39, 0.29) is 5.92 Å². The number of anilines is 1. The van der Waals surface area contributed by atoms with Crippen molar-refractivity contribution in [3.05, 3.63) is 17.6 Å². The van der Waals surface area contributed by atoms with Crippen molar-refractivity contribution in [3.63, 3.8) is 0 Å². The molecule has 2 rings (SSSR count). The van der Waals surface area contributed by atoms with Gasteiger partial charge in [0.2, 0.25) is 0 Å². The Bertz CT molecular complexity index is 461. The van der Waals surface area contributed by atoms with Crippen molar-refractivity contribution in [1.29, 1.82) is 0 Å². The highest BCUT2D eigenvalue weighted by Crippen LogP contribution is 2.23. The number of hydrogen-bond acceptors (Lipinski definition) is 4. The predicted octanol–water partition coefficient (Wildman–Crippen LogP) is 2.39. The lowest BCUT2D eigenvalue weighted by atomic mass is 10.1. The van der Waals surface area contributed by atoms with Crippen molar-refractivity contribution in [2.24, 2.45) is 5.92 Å². The molecule has 7 heteroatoms. The van der Waals surface area contributed by atoms with Gasteiger partial charge in [-0.05, 0) is 32.7 Å². The molecule has 1 aliphatic heterocycles. The predicted molar refractivity (Wildman–Crippen MR) is 70.6 cm³/mol. The van der Waals surface area contributed by atoms with Crippen LogP contribution in [-0.2, 0) is 0 Å². The first-order chi connectivity index (χ1) is 9.33. The Labute approximate surface area is 116 Å². The van der Waals surface area contributed by atoms with E-state index in [4.69, 9.17) is 0 Å². The van der Waals surface area contributed by atoms with E-state index in [2.05, 4.69) is 15.3 Å². The minimum absolute atomic E-state index is 0.221. The molecule has 112 valence electrons. The number of aromatic nitrogens is 2. The summed E-state index contributed by atoms with van der Waals surface area (Å²) in [5, 5.41) is 3.20. The van der Waals surface area contributed by atoms with Gasteiger partial charge < -0.3 is 5.32 Å². The van der Waals surface area contributed by atoms with Crippen molar-refractivity contribution in [2.45, 2.75) is 26.4 Å². The molecule has 0 aromatic carbocycles. The maximum Gasteiger partial charge on any atom is 0.401 e. The van der Waals surface area contributed by atoms with Crippen molar-refractivity contribution in [3.8, 4) is 0 Å². The SMILES string of the molecule is Cc1cnc(C)c(NCC2CCN(CC(F)(F)F)C2)n1. The molecule has 0 amide bonds. The van der Waals surface area contributed by atoms with E-state index in [0.29, 0.717) is 19.6 Å². The Morgan fingerprint density at radius 2 is 2.15 bits per heavy atom. The fourth-order valence-corrected chi connectivity index (χ4v) is 2.42. The molecule has 0 saturated carbocycles. The molecule has 20 heavy (non-hydrogen) atoms. The van der Waals surface area contributed by atoms with Crippen LogP contribution in [0.15, 0.2) is 6.20 Å². The smallest absolute Gasteiger partial charge is 0.368 e. The highest BCUT2D eigenvalue weighted by molar-refractivity contribution is 5.39. The molecule has 0 radical (unpaired) electrons. The fourth-order valence-electron chi connectivity index (χ4n) is 2.42. The Hall–Kier alpha value is -1.37. The molecule has 1 unspecified atom stereocenters. The van der Waals surface area contributed by atoms with E-state index in [0.717, 1.165) is 23.6 Å². The number of aryl methyl sites for hydroxylation is 2. The van der Waals surface area contributed by atoms with Crippen molar-refractivity contribution < 1.29 is 13.2 Å². The number of likely N-dealkylation sites (tertiary alicyclic amines) is 1. The molecule has 2 heterocycles. The lowest BCUT2D eigenvalue weighted by Gasteiger charge is -2.18. The summed E-state index contributed by atoms with van der Waals surface area (Å²) in [6.07, 6.45) is -1.64. The summed E-state index contributed by atoms with van der Waals surface area (Å²) in [5.41, 5.74) is 1.63. The van der Waals surface area contributed by atoms with Crippen molar-refractivity contribution in [1.82, 2.24) is 14.9 Å². The van der Waals surface area contributed by atoms with E-state index in [1.54, 1.807) is 6.20 Å². The Morgan fingerprint density at radius 1 is 1.40 bits per heavy atom. The highest BCUT2D eigenvalue weighted by Gasteiger charge is 2.34. The zero-order chi connectivity index (χ0) is 14.8. The van der Waals surface area contributed by atoms with Gasteiger partial charge in [0.1, 0.15) is 5.82 Å². The molecule has 4 nitrogen and oxygen atoms in total. The number of nitrogens with zero attached hydrogens (tertiary/aromatic N) is 3. The number of rotatable bonds is 4. The van der Waals surface area contributed by atoms with Gasteiger partial charge in [0.15, 0.2) is 0 Å². The average molecular weight is 288 g/mol. The van der Waals surface area contributed by atoms with Gasteiger partial charge in [-0.1, -0.05) is 0 Å². The van der Waals surface area contributed by atoms with E-state index in [1.807, 2.05) is 13.8 Å². The second-order valence-corrected chi connectivity index (χ2v) is 5.33. The van der Waals surface area contributed by atoms with Crippen LogP contribution in [0, 0.1) is 19.8 Å². The first kappa shape index (κ1) is 15.0. The Morgan fingerprint density at radius 3 is 2.85 bits per heavy atom. The Kier molecular flexibility index (Phi) is 4.47. The number of alkyl halides is 3. The highest BCUT2D eigenvalue weighted by atomic mass is 19.4. The maximum atomic E-state index is 12.3. The first-order valence-electron chi connectivity index (χ1n) is 6.67. The molecule has 1 aromatic heterocycles. The molecule has 1 aliphatic rings. The van der Waals surface area contributed by atoms with E-state index < -0.39 is 12.7 Å². The third-order valence-corrected chi connectivity index (χ3v) is 3.41. The zero-order valence-corrected chi connectivity index (χ0v) is 11.7. The molecule has 0 aliphatic carbocycles. The fraction of sp³-hybridized carbons (Fsp3) is 0.692. The van der Waals surface area contributed by atoms with Gasteiger partial charge in [-0.15, -0.1) is 0 Å². The number of halogens is 3. The van der Waals surface area contributed by atoms with E-state index in [1.165, 1.54) is 4.90 Å². The lowest BCUT2D eigenvalue weighted by molar-refractivity contribution is -0.143. The normalized spacial score (nSPS) is 20.4. The number of hydrogen-bond donors (Lipinski definition) is 1. The van der Waals surface area contributed by atoms with Gasteiger partial charge in [0.25, 0.3) is 0 Å². The number of nitrogens with one attached hydrogen (secondary N) is 1. The molecule has 1 saturated heterocycles. The second kappa shape index (κ2) is 5.95. The summed E-state index contributed by atoms with van der Waals surface area (Å²) in [5.74, 6) is 0.943. The topological polar surface area (TPSA) is 41.1 Å². The average Bonchev–Trinajstić information content (AvgIpc) is 2.75. The summed E-state index contributed by atoms with van der Waals surface area (Å²) in [7, 11) is 0. The summed E-state index contributed by atoms with van der Waals surface area (Å²) >= 11 is 0. The summed E-state index contributed by atoms with van der Waals surface area (Å²) < 4.78 is 36.9. The van der Waals surface area contributed by atoms with Gasteiger partial charge in [-0.2, -0.15) is 13.2 Å². The molecule has 0 bridgehead atoms. The van der Waals surface area contributed by atoms with Crippen LogP contribution in [0.5, 0.6) is 0 Å². The van der Waals surface area contributed by atoms with Crippen LogP contribution in [-0.4, -0.2) is 47.2 Å². The molecule has 1 fully saturated rings. The monoisotopic (exact) mass is 288 g/mol. The van der Waals surface area contributed by atoms with Crippen LogP contribution >= 0.6 is 0 Å². The first-order valence-corrected chi connectivity index (χ1v) is 6.67. The summed E-state index contributed by atoms with van der Waals surface area (Å²) in [6, 6.07) is 0. The lowest BCUT2D eigenvalue weighted by Crippen LogP contribution is -2.33. The van der Waals surface area contributed by atoms with Gasteiger partial charge in [-0.3, -0.25) is 9.88 Å². The molecule has 1 atom stereocenters. The van der Waals surface area contributed by atoms with Gasteiger partial charge in [0, 0.05) is 19.3 Å². The largest absolute Gasteiger partial charge is 0.401 e. The standard InChI is InChI=1S/C13H19F3N4/c1-9-5-17-10(2)12(19-9)18-6-11-3-4-20(7-11)8-13(14,15)16/h5,11H,3-4,6-8H2,1-2H3,(H,18,19). The third kappa shape index (κ3) is 4.33. The minimum Gasteiger partial charge on any atom is -0.368 e. The van der Waals surface area contributed by atoms with Gasteiger partial charge in [0.05, 0.1) is 17.9 Å². The van der Waals surface area contributed by atoms with E-state index in [9.17, 15) is 13.2 Å². The Balaban J connectivity index is 1.82. The molecule has 0 spiro atoms. The summed E-state index contributed by atoms with van der Waals surface area (Å²) in [4.78, 5) is 10.0. The van der Waals surface area contributed by atoms with E-state index >= 15 is 0 Å². The third-order valence-electron chi connectivity index (χ3n) is 3.41. The van der Waals surface area contributed by atoms with Crippen LogP contribution in [0.3, 0.4) is 0 Å². The van der Waals surface area contributed by atoms with Crippen molar-refractivity contribution >= 4 is 5.82 Å². The second-order valence-electron chi connectivity index (χ2n) is 5.33. The molecule has 1 N–H and O–H groups in total. The quantitative estimate of drug-likeness (QED) is 0.923. The van der Waals surface area contributed by atoms with Gasteiger partial charge >= 0.3 is 6.18 Å². The molecular formula is C13H19F3N4. The van der Waals surface area contributed by atoms with Crippen molar-refractivity contribution in [2.75, 3.05) is 31.5 Å². The molecule has 1 aromatic rings. The van der Waals surface area contributed by atoms with Gasteiger partial charge in [-0.25, -0.2) is 4.98 Å². The van der Waals surface area contributed by atoms with Crippen LogP contribution in [0.1, 0.15) is 17.8 Å². The minimum atomic E-state index is -4.11. The van der Waals surface area contributed by atoms with Crippen LogP contribution < -0.4 is 5.32 Å². The molecular weight excluding hydrogens is 269 g/mol. The van der Waals surface area contributed by atoms with Crippen LogP contribution in [0.4, 0.5) is 19.0 Å². The summed E-state index contributed by atoms with van der Waals surface area (Å²) in [6.45, 7) is 4.52. The zero-order valence-electron chi connectivity index (χ0n) is 11.7.